The Bertz CT molecular complexity index is 864. The van der Waals surface area contributed by atoms with E-state index in [1.807, 2.05) is 42.2 Å². The van der Waals surface area contributed by atoms with Crippen LogP contribution in [-0.4, -0.2) is 28.8 Å². The van der Waals surface area contributed by atoms with Crippen molar-refractivity contribution < 1.29 is 9.59 Å². The van der Waals surface area contributed by atoms with Crippen molar-refractivity contribution in [2.45, 2.75) is 45.2 Å². The third kappa shape index (κ3) is 2.64. The number of rotatable bonds is 5. The van der Waals surface area contributed by atoms with Gasteiger partial charge in [-0.15, -0.1) is 0 Å². The summed E-state index contributed by atoms with van der Waals surface area (Å²) in [6.45, 7) is 4.25. The van der Waals surface area contributed by atoms with E-state index in [1.54, 1.807) is 0 Å². The number of hydrogen-bond acceptors (Lipinski definition) is 3. The van der Waals surface area contributed by atoms with E-state index in [-0.39, 0.29) is 18.2 Å². The number of aryl methyl sites for hydroxylation is 1. The molecule has 4 rings (SSSR count). The van der Waals surface area contributed by atoms with Crippen LogP contribution in [0.15, 0.2) is 30.3 Å². The molecule has 25 heavy (non-hydrogen) atoms. The number of Topliss-reactive ketones (excluding diaryl/α,β-unsaturated/α-hetero) is 1. The fourth-order valence-electron chi connectivity index (χ4n) is 4.09. The monoisotopic (exact) mass is 337 g/mol. The van der Waals surface area contributed by atoms with Gasteiger partial charge in [-0.05, 0) is 44.4 Å². The average molecular weight is 337 g/mol. The summed E-state index contributed by atoms with van der Waals surface area (Å²) in [5.74, 6) is -0.338. The number of carbonyl (C=O) groups excluding carboxylic acids is 2. The number of primary amides is 1. The second-order valence-electron chi connectivity index (χ2n) is 7.19. The van der Waals surface area contributed by atoms with Crippen LogP contribution in [-0.2, 0) is 11.2 Å². The molecular formula is C20H23N3O2. The third-order valence-corrected chi connectivity index (χ3v) is 5.43. The number of para-hydroxylation sites is 1. The van der Waals surface area contributed by atoms with Gasteiger partial charge in [-0.3, -0.25) is 9.59 Å². The fraction of sp³-hybridized carbons (Fsp3) is 0.400. The van der Waals surface area contributed by atoms with Gasteiger partial charge in [-0.25, -0.2) is 0 Å². The first kappa shape index (κ1) is 15.9. The SMILES string of the molecule is Cc1cc(C(=O)CN2c3ccccc3C[C@H]2C(N)=O)c(C)n1C1CC1. The van der Waals surface area contributed by atoms with E-state index in [4.69, 9.17) is 5.73 Å². The molecule has 5 nitrogen and oxygen atoms in total. The number of nitrogens with zero attached hydrogens (tertiary/aromatic N) is 2. The van der Waals surface area contributed by atoms with E-state index in [0.29, 0.717) is 12.5 Å². The highest BCUT2D eigenvalue weighted by Crippen LogP contribution is 2.39. The standard InChI is InChI=1S/C20H23N3O2/c1-12-9-16(13(2)23(12)15-7-8-15)19(24)11-22-17-6-4-3-5-14(17)10-18(22)20(21)25/h3-6,9,15,18H,7-8,10-11H2,1-2H3,(H2,21,25)/t18-/m0/s1. The minimum atomic E-state index is -0.451. The topological polar surface area (TPSA) is 68.3 Å². The molecule has 0 spiro atoms. The molecule has 2 aliphatic rings. The Balaban J connectivity index is 1.63. The maximum absolute atomic E-state index is 13.0. The van der Waals surface area contributed by atoms with Crippen molar-refractivity contribution in [3.8, 4) is 0 Å². The van der Waals surface area contributed by atoms with Gasteiger partial charge in [0.05, 0.1) is 6.54 Å². The van der Waals surface area contributed by atoms with Crippen LogP contribution in [0.1, 0.15) is 46.2 Å². The molecule has 1 fully saturated rings. The first-order valence-electron chi connectivity index (χ1n) is 8.83. The summed E-state index contributed by atoms with van der Waals surface area (Å²) in [4.78, 5) is 26.8. The van der Waals surface area contributed by atoms with Gasteiger partial charge < -0.3 is 15.2 Å². The largest absolute Gasteiger partial charge is 0.368 e. The van der Waals surface area contributed by atoms with Gasteiger partial charge in [0.25, 0.3) is 0 Å². The molecule has 2 aromatic rings. The van der Waals surface area contributed by atoms with Crippen LogP contribution in [0.5, 0.6) is 0 Å². The van der Waals surface area contributed by atoms with Crippen LogP contribution in [0.25, 0.3) is 0 Å². The quantitative estimate of drug-likeness (QED) is 0.853. The molecule has 5 heteroatoms. The minimum Gasteiger partial charge on any atom is -0.368 e. The van der Waals surface area contributed by atoms with Gasteiger partial charge in [0, 0.05) is 35.1 Å². The molecule has 0 bridgehead atoms. The average Bonchev–Trinajstić information content (AvgIpc) is 3.27. The normalized spacial score (nSPS) is 19.1. The highest BCUT2D eigenvalue weighted by molar-refractivity contribution is 6.02. The molecule has 0 unspecified atom stereocenters. The molecule has 130 valence electrons. The zero-order chi connectivity index (χ0) is 17.7. The minimum absolute atomic E-state index is 0.0444. The molecule has 1 aliphatic heterocycles. The van der Waals surface area contributed by atoms with Crippen molar-refractivity contribution in [1.29, 1.82) is 0 Å². The van der Waals surface area contributed by atoms with Crippen molar-refractivity contribution >= 4 is 17.4 Å². The Morgan fingerprint density at radius 3 is 2.60 bits per heavy atom. The Morgan fingerprint density at radius 1 is 1.20 bits per heavy atom. The number of benzene rings is 1. The van der Waals surface area contributed by atoms with E-state index in [2.05, 4.69) is 11.5 Å². The number of ketones is 1. The number of nitrogens with two attached hydrogens (primary N) is 1. The van der Waals surface area contributed by atoms with E-state index >= 15 is 0 Å². The zero-order valence-corrected chi connectivity index (χ0v) is 14.7. The summed E-state index contributed by atoms with van der Waals surface area (Å²) >= 11 is 0. The highest BCUT2D eigenvalue weighted by atomic mass is 16.1. The summed E-state index contributed by atoms with van der Waals surface area (Å²) in [6, 6.07) is 9.91. The lowest BCUT2D eigenvalue weighted by atomic mass is 10.1. The number of amides is 1. The predicted octanol–water partition coefficient (Wildman–Crippen LogP) is 2.54. The maximum Gasteiger partial charge on any atom is 0.240 e. The van der Waals surface area contributed by atoms with Crippen molar-refractivity contribution in [2.75, 3.05) is 11.4 Å². The number of anilines is 1. The first-order chi connectivity index (χ1) is 12.0. The number of fused-ring (bicyclic) bond motifs is 1. The van der Waals surface area contributed by atoms with E-state index in [1.165, 1.54) is 12.8 Å². The maximum atomic E-state index is 13.0. The van der Waals surface area contributed by atoms with E-state index in [0.717, 1.165) is 28.2 Å². The van der Waals surface area contributed by atoms with Gasteiger partial charge in [0.15, 0.2) is 5.78 Å². The smallest absolute Gasteiger partial charge is 0.240 e. The Labute approximate surface area is 147 Å². The lowest BCUT2D eigenvalue weighted by molar-refractivity contribution is -0.119. The van der Waals surface area contributed by atoms with Crippen LogP contribution in [0.3, 0.4) is 0 Å². The van der Waals surface area contributed by atoms with Crippen LogP contribution in [0.2, 0.25) is 0 Å². The van der Waals surface area contributed by atoms with Crippen LogP contribution in [0, 0.1) is 13.8 Å². The molecule has 1 aliphatic carbocycles. The molecule has 1 atom stereocenters. The first-order valence-corrected chi connectivity index (χ1v) is 8.83. The second-order valence-corrected chi connectivity index (χ2v) is 7.19. The van der Waals surface area contributed by atoms with Gasteiger partial charge in [0.1, 0.15) is 6.04 Å². The summed E-state index contributed by atoms with van der Waals surface area (Å²) in [6.07, 6.45) is 2.94. The van der Waals surface area contributed by atoms with E-state index in [9.17, 15) is 9.59 Å². The molecule has 2 N–H and O–H groups in total. The van der Waals surface area contributed by atoms with Gasteiger partial charge in [-0.2, -0.15) is 0 Å². The summed E-state index contributed by atoms with van der Waals surface area (Å²) < 4.78 is 2.27. The summed E-state index contributed by atoms with van der Waals surface area (Å²) in [7, 11) is 0. The molecule has 1 aromatic carbocycles. The van der Waals surface area contributed by atoms with Crippen molar-refractivity contribution in [2.24, 2.45) is 5.73 Å². The molecule has 1 saturated carbocycles. The molecule has 1 amide bonds. The van der Waals surface area contributed by atoms with Crippen molar-refractivity contribution in [1.82, 2.24) is 4.57 Å². The molecular weight excluding hydrogens is 314 g/mol. The number of aromatic nitrogens is 1. The van der Waals surface area contributed by atoms with Crippen LogP contribution < -0.4 is 10.6 Å². The Morgan fingerprint density at radius 2 is 1.92 bits per heavy atom. The van der Waals surface area contributed by atoms with Crippen molar-refractivity contribution in [3.05, 3.63) is 52.8 Å². The fourth-order valence-corrected chi connectivity index (χ4v) is 4.09. The lowest BCUT2D eigenvalue weighted by Crippen LogP contribution is -2.45. The summed E-state index contributed by atoms with van der Waals surface area (Å²) in [5, 5.41) is 0. The van der Waals surface area contributed by atoms with Crippen LogP contribution in [0.4, 0.5) is 5.69 Å². The predicted molar refractivity (Wildman–Crippen MR) is 97.0 cm³/mol. The molecule has 2 heterocycles. The van der Waals surface area contributed by atoms with Gasteiger partial charge in [0.2, 0.25) is 5.91 Å². The lowest BCUT2D eigenvalue weighted by Gasteiger charge is -2.24. The van der Waals surface area contributed by atoms with Crippen LogP contribution >= 0.6 is 0 Å². The van der Waals surface area contributed by atoms with Gasteiger partial charge >= 0.3 is 0 Å². The number of carbonyl (C=O) groups is 2. The van der Waals surface area contributed by atoms with Crippen molar-refractivity contribution in [3.63, 3.8) is 0 Å². The highest BCUT2D eigenvalue weighted by Gasteiger charge is 2.35. The Kier molecular flexibility index (Phi) is 3.67. The van der Waals surface area contributed by atoms with E-state index < -0.39 is 6.04 Å². The van der Waals surface area contributed by atoms with Gasteiger partial charge in [-0.1, -0.05) is 18.2 Å². The molecule has 1 aromatic heterocycles. The molecule has 0 radical (unpaired) electrons. The molecule has 0 saturated heterocycles. The summed E-state index contributed by atoms with van der Waals surface area (Å²) in [5.41, 5.74) is 10.5. The zero-order valence-electron chi connectivity index (χ0n) is 14.7. The second kappa shape index (κ2) is 5.76. The third-order valence-electron chi connectivity index (χ3n) is 5.43. The number of hydrogen-bond donors (Lipinski definition) is 1. The Hall–Kier alpha value is -2.56.